The Labute approximate surface area is 89.1 Å². The molecule has 0 aromatic carbocycles. The normalized spacial score (nSPS) is 10.9. The summed E-state index contributed by atoms with van der Waals surface area (Å²) in [5.74, 6) is 0. The zero-order valence-corrected chi connectivity index (χ0v) is 9.31. The van der Waals surface area contributed by atoms with Crippen LogP contribution in [0.25, 0.3) is 0 Å². The fraction of sp³-hybridized carbons (Fsp3) is 0.429. The van der Waals surface area contributed by atoms with Crippen molar-refractivity contribution in [1.29, 1.82) is 0 Å². The first-order valence-electron chi connectivity index (χ1n) is 3.77. The molecule has 0 rings (SSSR count). The predicted molar refractivity (Wildman–Crippen MR) is 63.3 cm³/mol. The van der Waals surface area contributed by atoms with Crippen molar-refractivity contribution in [2.24, 2.45) is 0 Å². The summed E-state index contributed by atoms with van der Waals surface area (Å²) in [6, 6.07) is 0.130. The summed E-state index contributed by atoms with van der Waals surface area (Å²) in [5.41, 5.74) is 5.41. The van der Waals surface area contributed by atoms with Crippen molar-refractivity contribution in [3.05, 3.63) is 12.7 Å². The number of hydrazine groups is 1. The Morgan fingerprint density at radius 2 is 1.85 bits per heavy atom. The first-order valence-corrected chi connectivity index (χ1v) is 4.58. The fourth-order valence-corrected chi connectivity index (χ4v) is 0.766. The van der Waals surface area contributed by atoms with Crippen molar-refractivity contribution in [2.75, 3.05) is 7.05 Å². The third-order valence-electron chi connectivity index (χ3n) is 1.23. The average molecular weight is 218 g/mol. The lowest BCUT2D eigenvalue weighted by atomic mass is 10.3. The van der Waals surface area contributed by atoms with Gasteiger partial charge in [0.25, 0.3) is 0 Å². The van der Waals surface area contributed by atoms with E-state index in [9.17, 15) is 0 Å². The van der Waals surface area contributed by atoms with Crippen LogP contribution in [-0.2, 0) is 0 Å². The topological polar surface area (TPSA) is 48.1 Å². The molecular formula is C7H14N4S2. The van der Waals surface area contributed by atoms with Crippen molar-refractivity contribution in [3.8, 4) is 0 Å². The Kier molecular flexibility index (Phi) is 6.17. The largest absolute Gasteiger partial charge is 0.364 e. The monoisotopic (exact) mass is 218 g/mol. The van der Waals surface area contributed by atoms with Crippen molar-refractivity contribution in [1.82, 2.24) is 21.5 Å². The van der Waals surface area contributed by atoms with Crippen molar-refractivity contribution < 1.29 is 0 Å². The molecule has 0 aromatic heterocycles. The van der Waals surface area contributed by atoms with E-state index in [2.05, 4.69) is 28.1 Å². The summed E-state index contributed by atoms with van der Waals surface area (Å²) in [4.78, 5) is 0. The highest BCUT2D eigenvalue weighted by Gasteiger charge is 1.98. The van der Waals surface area contributed by atoms with E-state index >= 15 is 0 Å². The summed E-state index contributed by atoms with van der Waals surface area (Å²) >= 11 is 9.77. The molecule has 0 heterocycles. The molecule has 13 heavy (non-hydrogen) atoms. The molecule has 0 spiro atoms. The van der Waals surface area contributed by atoms with Gasteiger partial charge < -0.3 is 10.6 Å². The van der Waals surface area contributed by atoms with Crippen molar-refractivity contribution >= 4 is 34.7 Å². The van der Waals surface area contributed by atoms with Crippen molar-refractivity contribution in [2.45, 2.75) is 13.0 Å². The molecule has 0 saturated heterocycles. The first-order chi connectivity index (χ1) is 6.10. The van der Waals surface area contributed by atoms with Crippen molar-refractivity contribution in [3.63, 3.8) is 0 Å². The van der Waals surface area contributed by atoms with Gasteiger partial charge in [0.15, 0.2) is 10.2 Å². The minimum atomic E-state index is 0.130. The van der Waals surface area contributed by atoms with Crippen LogP contribution in [0.4, 0.5) is 0 Å². The van der Waals surface area contributed by atoms with Crippen LogP contribution in [-0.4, -0.2) is 23.3 Å². The molecule has 0 aliphatic carbocycles. The van der Waals surface area contributed by atoms with Crippen LogP contribution >= 0.6 is 24.4 Å². The first kappa shape index (κ1) is 12.1. The third-order valence-corrected chi connectivity index (χ3v) is 1.76. The molecule has 0 bridgehead atoms. The Morgan fingerprint density at radius 1 is 1.31 bits per heavy atom. The molecule has 0 aromatic rings. The van der Waals surface area contributed by atoms with Gasteiger partial charge in [-0.2, -0.15) is 0 Å². The van der Waals surface area contributed by atoms with Gasteiger partial charge in [-0.1, -0.05) is 6.08 Å². The zero-order valence-electron chi connectivity index (χ0n) is 7.68. The second-order valence-corrected chi connectivity index (χ2v) is 3.14. The quantitative estimate of drug-likeness (QED) is 0.298. The van der Waals surface area contributed by atoms with Gasteiger partial charge in [0.2, 0.25) is 0 Å². The van der Waals surface area contributed by atoms with Crippen LogP contribution < -0.4 is 21.5 Å². The number of hydrogen-bond acceptors (Lipinski definition) is 2. The molecule has 6 heteroatoms. The van der Waals surface area contributed by atoms with E-state index < -0.39 is 0 Å². The maximum absolute atomic E-state index is 4.94. The van der Waals surface area contributed by atoms with Crippen LogP contribution in [0.1, 0.15) is 6.92 Å². The van der Waals surface area contributed by atoms with Gasteiger partial charge in [0.1, 0.15) is 0 Å². The lowest BCUT2D eigenvalue weighted by Gasteiger charge is -2.14. The van der Waals surface area contributed by atoms with Crippen LogP contribution in [0.2, 0.25) is 0 Å². The summed E-state index contributed by atoms with van der Waals surface area (Å²) in [7, 11) is 1.72. The zero-order chi connectivity index (χ0) is 10.3. The summed E-state index contributed by atoms with van der Waals surface area (Å²) in [6.07, 6.45) is 1.75. The van der Waals surface area contributed by atoms with Gasteiger partial charge in [0, 0.05) is 13.1 Å². The highest BCUT2D eigenvalue weighted by atomic mass is 32.1. The molecule has 0 amide bonds. The molecular weight excluding hydrogens is 204 g/mol. The number of hydrogen-bond donors (Lipinski definition) is 4. The van der Waals surface area contributed by atoms with E-state index in [4.69, 9.17) is 24.4 Å². The minimum Gasteiger partial charge on any atom is -0.364 e. The van der Waals surface area contributed by atoms with Gasteiger partial charge >= 0.3 is 0 Å². The molecule has 1 atom stereocenters. The number of nitrogens with one attached hydrogen (secondary N) is 4. The average Bonchev–Trinajstić information content (AvgIpc) is 2.13. The smallest absolute Gasteiger partial charge is 0.185 e. The molecule has 0 fully saturated rings. The van der Waals surface area contributed by atoms with Gasteiger partial charge in [-0.05, 0) is 31.4 Å². The van der Waals surface area contributed by atoms with Crippen LogP contribution in [0, 0.1) is 0 Å². The Hall–Kier alpha value is -0.880. The van der Waals surface area contributed by atoms with E-state index in [-0.39, 0.29) is 6.04 Å². The van der Waals surface area contributed by atoms with Crippen LogP contribution in [0.15, 0.2) is 12.7 Å². The maximum atomic E-state index is 4.94. The standard InChI is InChI=1S/C7H14N4S2/c1-4-5(2)9-7(13)11-10-6(12)8-3/h4-5H,1H2,2-3H3,(H2,8,10,12)(H2,9,11,13)/t5-/m1/s1. The van der Waals surface area contributed by atoms with Gasteiger partial charge in [0.05, 0.1) is 0 Å². The number of rotatable bonds is 2. The van der Waals surface area contributed by atoms with E-state index in [0.29, 0.717) is 10.2 Å². The van der Waals surface area contributed by atoms with E-state index in [1.807, 2.05) is 6.92 Å². The van der Waals surface area contributed by atoms with Gasteiger partial charge in [-0.25, -0.2) is 0 Å². The molecule has 4 N–H and O–H groups in total. The Bertz CT molecular complexity index is 205. The summed E-state index contributed by atoms with van der Waals surface area (Å²) in [6.45, 7) is 5.56. The maximum Gasteiger partial charge on any atom is 0.185 e. The van der Waals surface area contributed by atoms with Crippen LogP contribution in [0.5, 0.6) is 0 Å². The highest BCUT2D eigenvalue weighted by Crippen LogP contribution is 1.79. The fourth-order valence-electron chi connectivity index (χ4n) is 0.478. The summed E-state index contributed by atoms with van der Waals surface area (Å²) in [5, 5.41) is 6.66. The minimum absolute atomic E-state index is 0.130. The molecule has 0 aliphatic rings. The molecule has 4 nitrogen and oxygen atoms in total. The Morgan fingerprint density at radius 3 is 2.31 bits per heavy atom. The SMILES string of the molecule is C=C[C@@H](C)NC(=S)NNC(=S)NC. The van der Waals surface area contributed by atoms with Crippen LogP contribution in [0.3, 0.4) is 0 Å². The molecule has 0 radical (unpaired) electrons. The van der Waals surface area contributed by atoms with E-state index in [0.717, 1.165) is 0 Å². The Balaban J connectivity index is 3.63. The van der Waals surface area contributed by atoms with E-state index in [1.165, 1.54) is 0 Å². The molecule has 0 saturated carbocycles. The lowest BCUT2D eigenvalue weighted by Crippen LogP contribution is -2.50. The number of thiocarbonyl (C=S) groups is 2. The van der Waals surface area contributed by atoms with Gasteiger partial charge in [-0.15, -0.1) is 6.58 Å². The molecule has 0 aliphatic heterocycles. The lowest BCUT2D eigenvalue weighted by molar-refractivity contribution is 0.751. The predicted octanol–water partition coefficient (Wildman–Crippen LogP) is 0.0339. The second kappa shape index (κ2) is 6.62. The van der Waals surface area contributed by atoms with E-state index in [1.54, 1.807) is 13.1 Å². The third kappa shape index (κ3) is 6.30. The molecule has 74 valence electrons. The molecule has 0 unspecified atom stereocenters. The summed E-state index contributed by atoms with van der Waals surface area (Å²) < 4.78 is 0. The second-order valence-electron chi connectivity index (χ2n) is 2.33. The van der Waals surface area contributed by atoms with Gasteiger partial charge in [-0.3, -0.25) is 10.9 Å². The highest BCUT2D eigenvalue weighted by molar-refractivity contribution is 7.80.